The number of hydrogen-bond acceptors (Lipinski definition) is 3. The summed E-state index contributed by atoms with van der Waals surface area (Å²) in [4.78, 5) is 21.5. The van der Waals surface area contributed by atoms with Crippen molar-refractivity contribution in [1.82, 2.24) is 20.2 Å². The van der Waals surface area contributed by atoms with Gasteiger partial charge < -0.3 is 10.3 Å². The maximum Gasteiger partial charge on any atom is 0.267 e. The van der Waals surface area contributed by atoms with Crippen molar-refractivity contribution in [2.45, 2.75) is 12.5 Å². The number of nitrogens with zero attached hydrogens (tertiary/aromatic N) is 2. The van der Waals surface area contributed by atoms with Gasteiger partial charge in [0.2, 0.25) is 0 Å². The fourth-order valence-corrected chi connectivity index (χ4v) is 3.30. The minimum atomic E-state index is -0.119. The van der Waals surface area contributed by atoms with Gasteiger partial charge in [0.25, 0.3) is 5.91 Å². The monoisotopic (exact) mass is 318 g/mol. The molecular weight excluding hydrogens is 300 g/mol. The van der Waals surface area contributed by atoms with Crippen molar-refractivity contribution < 1.29 is 4.79 Å². The molecule has 0 bridgehead atoms. The van der Waals surface area contributed by atoms with E-state index in [4.69, 9.17) is 11.6 Å². The number of nitrogens with one attached hydrogen (secondary N) is 2. The zero-order valence-corrected chi connectivity index (χ0v) is 13.2. The molecule has 3 heterocycles. The molecule has 0 unspecified atom stereocenters. The Morgan fingerprint density at radius 3 is 3.14 bits per heavy atom. The van der Waals surface area contributed by atoms with E-state index in [0.29, 0.717) is 29.2 Å². The Hall–Kier alpha value is -1.85. The average Bonchev–Trinajstić information content (AvgIpc) is 3.12. The number of likely N-dealkylation sites (tertiary alicyclic amines) is 1. The molecule has 0 aromatic carbocycles. The van der Waals surface area contributed by atoms with Gasteiger partial charge in [0, 0.05) is 31.2 Å². The average molecular weight is 319 g/mol. The summed E-state index contributed by atoms with van der Waals surface area (Å²) in [6, 6.07) is 5.98. The van der Waals surface area contributed by atoms with Crippen LogP contribution in [0.5, 0.6) is 0 Å². The lowest BCUT2D eigenvalue weighted by Gasteiger charge is -2.25. The topological polar surface area (TPSA) is 61.0 Å². The fourth-order valence-electron chi connectivity index (χ4n) is 3.14. The molecule has 1 saturated heterocycles. The second kappa shape index (κ2) is 6.50. The first-order chi connectivity index (χ1) is 10.6. The van der Waals surface area contributed by atoms with Crippen molar-refractivity contribution in [1.29, 1.82) is 0 Å². The minimum Gasteiger partial charge on any atom is -0.356 e. The predicted octanol–water partition coefficient (Wildman–Crippen LogP) is 2.49. The third-order valence-corrected chi connectivity index (χ3v) is 4.44. The Morgan fingerprint density at radius 1 is 1.59 bits per heavy atom. The van der Waals surface area contributed by atoms with Crippen LogP contribution in [0.1, 0.15) is 28.5 Å². The highest BCUT2D eigenvalue weighted by Crippen LogP contribution is 2.35. The largest absolute Gasteiger partial charge is 0.356 e. The van der Waals surface area contributed by atoms with Gasteiger partial charge in [-0.25, -0.2) is 0 Å². The van der Waals surface area contributed by atoms with E-state index < -0.39 is 0 Å². The first kappa shape index (κ1) is 15.1. The summed E-state index contributed by atoms with van der Waals surface area (Å²) in [6.07, 6.45) is 6.36. The zero-order chi connectivity index (χ0) is 15.5. The SMILES string of the molecule is CN1CC[C@@H](CNC(=O)c2cc(Cl)c[nH]2)[C@@H]1c1cccnc1. The summed E-state index contributed by atoms with van der Waals surface area (Å²) >= 11 is 5.83. The molecule has 2 atom stereocenters. The molecule has 0 spiro atoms. The number of aromatic amines is 1. The molecule has 2 N–H and O–H groups in total. The third-order valence-electron chi connectivity index (χ3n) is 4.22. The Morgan fingerprint density at radius 2 is 2.45 bits per heavy atom. The molecule has 1 aliphatic rings. The third kappa shape index (κ3) is 3.15. The van der Waals surface area contributed by atoms with Gasteiger partial charge >= 0.3 is 0 Å². The van der Waals surface area contributed by atoms with Crippen molar-refractivity contribution in [2.24, 2.45) is 5.92 Å². The molecule has 5 nitrogen and oxygen atoms in total. The van der Waals surface area contributed by atoms with E-state index in [1.54, 1.807) is 18.5 Å². The molecule has 1 aliphatic heterocycles. The molecule has 22 heavy (non-hydrogen) atoms. The van der Waals surface area contributed by atoms with E-state index in [2.05, 4.69) is 33.3 Å². The Kier molecular flexibility index (Phi) is 4.45. The number of carbonyl (C=O) groups is 1. The lowest BCUT2D eigenvalue weighted by molar-refractivity contribution is 0.0939. The molecule has 2 aromatic heterocycles. The minimum absolute atomic E-state index is 0.119. The van der Waals surface area contributed by atoms with Gasteiger partial charge in [0.05, 0.1) is 5.02 Å². The standard InChI is InChI=1S/C16H19ClN4O/c1-21-6-4-12(15(21)11-3-2-5-18-8-11)9-20-16(22)14-7-13(17)10-19-14/h2-3,5,7-8,10,12,15,19H,4,6,9H2,1H3,(H,20,22)/t12-,15-/m0/s1. The van der Waals surface area contributed by atoms with Gasteiger partial charge in [-0.1, -0.05) is 17.7 Å². The second-order valence-electron chi connectivity index (χ2n) is 5.70. The molecule has 0 aliphatic carbocycles. The van der Waals surface area contributed by atoms with E-state index in [-0.39, 0.29) is 5.91 Å². The molecule has 0 radical (unpaired) electrons. The smallest absolute Gasteiger partial charge is 0.267 e. The van der Waals surface area contributed by atoms with Gasteiger partial charge in [0.1, 0.15) is 5.69 Å². The number of rotatable bonds is 4. The summed E-state index contributed by atoms with van der Waals surface area (Å²) < 4.78 is 0. The summed E-state index contributed by atoms with van der Waals surface area (Å²) in [7, 11) is 2.12. The van der Waals surface area contributed by atoms with Crippen LogP contribution in [0.2, 0.25) is 5.02 Å². The Balaban J connectivity index is 1.65. The fraction of sp³-hybridized carbons (Fsp3) is 0.375. The van der Waals surface area contributed by atoms with Gasteiger partial charge in [-0.3, -0.25) is 14.7 Å². The van der Waals surface area contributed by atoms with Gasteiger partial charge in [0.15, 0.2) is 0 Å². The molecule has 116 valence electrons. The number of H-pyrrole nitrogens is 1. The summed E-state index contributed by atoms with van der Waals surface area (Å²) in [5.74, 6) is 0.259. The van der Waals surface area contributed by atoms with Gasteiger partial charge in [-0.05, 0) is 43.6 Å². The summed E-state index contributed by atoms with van der Waals surface area (Å²) in [5, 5.41) is 3.54. The lowest BCUT2D eigenvalue weighted by Crippen LogP contribution is -2.32. The maximum atomic E-state index is 12.1. The van der Waals surface area contributed by atoms with E-state index in [1.165, 1.54) is 5.56 Å². The zero-order valence-electron chi connectivity index (χ0n) is 12.4. The Labute approximate surface area is 134 Å². The van der Waals surface area contributed by atoms with Crippen LogP contribution in [0.15, 0.2) is 36.8 Å². The van der Waals surface area contributed by atoms with Crippen LogP contribution in [0.4, 0.5) is 0 Å². The van der Waals surface area contributed by atoms with E-state index in [0.717, 1.165) is 13.0 Å². The van der Waals surface area contributed by atoms with Crippen molar-refractivity contribution in [3.8, 4) is 0 Å². The first-order valence-corrected chi connectivity index (χ1v) is 7.75. The van der Waals surface area contributed by atoms with Crippen LogP contribution in [0.25, 0.3) is 0 Å². The van der Waals surface area contributed by atoms with Gasteiger partial charge in [-0.2, -0.15) is 0 Å². The highest BCUT2D eigenvalue weighted by atomic mass is 35.5. The van der Waals surface area contributed by atoms with Gasteiger partial charge in [-0.15, -0.1) is 0 Å². The maximum absolute atomic E-state index is 12.1. The number of carbonyl (C=O) groups excluding carboxylic acids is 1. The van der Waals surface area contributed by atoms with Crippen molar-refractivity contribution in [2.75, 3.05) is 20.1 Å². The first-order valence-electron chi connectivity index (χ1n) is 7.37. The summed E-state index contributed by atoms with van der Waals surface area (Å²) in [6.45, 7) is 1.66. The van der Waals surface area contributed by atoms with Crippen LogP contribution >= 0.6 is 11.6 Å². The molecule has 6 heteroatoms. The van der Waals surface area contributed by atoms with Crippen LogP contribution in [-0.4, -0.2) is 40.9 Å². The van der Waals surface area contributed by atoms with Crippen molar-refractivity contribution >= 4 is 17.5 Å². The molecule has 1 amide bonds. The van der Waals surface area contributed by atoms with Crippen LogP contribution < -0.4 is 5.32 Å². The number of hydrogen-bond donors (Lipinski definition) is 2. The highest BCUT2D eigenvalue weighted by Gasteiger charge is 2.33. The normalized spacial score (nSPS) is 21.9. The molecular formula is C16H19ClN4O. The number of aromatic nitrogens is 2. The van der Waals surface area contributed by atoms with Crippen LogP contribution in [-0.2, 0) is 0 Å². The summed E-state index contributed by atoms with van der Waals surface area (Å²) in [5.41, 5.74) is 1.69. The van der Waals surface area contributed by atoms with Crippen LogP contribution in [0.3, 0.4) is 0 Å². The van der Waals surface area contributed by atoms with E-state index in [9.17, 15) is 4.79 Å². The quantitative estimate of drug-likeness (QED) is 0.910. The molecule has 3 rings (SSSR count). The predicted molar refractivity (Wildman–Crippen MR) is 85.9 cm³/mol. The van der Waals surface area contributed by atoms with E-state index in [1.807, 2.05) is 12.3 Å². The van der Waals surface area contributed by atoms with E-state index >= 15 is 0 Å². The molecule has 1 fully saturated rings. The van der Waals surface area contributed by atoms with Crippen molar-refractivity contribution in [3.05, 3.63) is 53.1 Å². The number of amides is 1. The van der Waals surface area contributed by atoms with Crippen molar-refractivity contribution in [3.63, 3.8) is 0 Å². The number of pyridine rings is 1. The second-order valence-corrected chi connectivity index (χ2v) is 6.14. The highest BCUT2D eigenvalue weighted by molar-refractivity contribution is 6.30. The van der Waals surface area contributed by atoms with Crippen LogP contribution in [0, 0.1) is 5.92 Å². The lowest BCUT2D eigenvalue weighted by atomic mass is 9.95. The molecule has 2 aromatic rings. The Bertz CT molecular complexity index is 643. The number of halogens is 1. The molecule has 0 saturated carbocycles.